The van der Waals surface area contributed by atoms with Crippen LogP contribution in [0.1, 0.15) is 44.0 Å². The lowest BCUT2D eigenvalue weighted by molar-refractivity contribution is -0.133. The molecule has 2 amide bonds. The number of carbonyl (C=O) groups is 2. The largest absolute Gasteiger partial charge is 0.352 e. The Bertz CT molecular complexity index is 772. The molecule has 0 saturated carbocycles. The third kappa shape index (κ3) is 3.91. The van der Waals surface area contributed by atoms with Crippen molar-refractivity contribution in [2.45, 2.75) is 44.0 Å². The number of benzene rings is 1. The number of nitrogens with one attached hydrogen (secondary N) is 1. The first-order valence-corrected chi connectivity index (χ1v) is 10.2. The lowest BCUT2D eigenvalue weighted by Gasteiger charge is -2.41. The molecular formula is C18H27N3O4S. The molecule has 0 spiro atoms. The monoisotopic (exact) mass is 381 g/mol. The molecule has 0 radical (unpaired) electrons. The topological polar surface area (TPSA) is 86.8 Å². The zero-order valence-corrected chi connectivity index (χ0v) is 16.6. The molecule has 1 aromatic rings. The summed E-state index contributed by atoms with van der Waals surface area (Å²) in [6.07, 6.45) is 1.70. The number of hydrogen-bond acceptors (Lipinski definition) is 4. The Labute approximate surface area is 155 Å². The summed E-state index contributed by atoms with van der Waals surface area (Å²) >= 11 is 0. The zero-order valence-electron chi connectivity index (χ0n) is 15.8. The molecule has 2 rings (SSSR count). The van der Waals surface area contributed by atoms with E-state index in [1.807, 2.05) is 6.92 Å². The molecule has 0 unspecified atom stereocenters. The Morgan fingerprint density at radius 1 is 1.27 bits per heavy atom. The first-order valence-electron chi connectivity index (χ1n) is 8.79. The highest BCUT2D eigenvalue weighted by Crippen LogP contribution is 2.22. The fourth-order valence-corrected chi connectivity index (χ4v) is 4.07. The van der Waals surface area contributed by atoms with Gasteiger partial charge >= 0.3 is 0 Å². The van der Waals surface area contributed by atoms with E-state index < -0.39 is 15.6 Å². The van der Waals surface area contributed by atoms with E-state index in [9.17, 15) is 18.0 Å². The minimum atomic E-state index is -3.57. The number of piperazine rings is 1. The van der Waals surface area contributed by atoms with Crippen LogP contribution in [0.4, 0.5) is 0 Å². The summed E-state index contributed by atoms with van der Waals surface area (Å²) in [5.74, 6) is -0.484. The minimum absolute atomic E-state index is 0.156. The smallest absolute Gasteiger partial charge is 0.254 e. The van der Waals surface area contributed by atoms with Gasteiger partial charge in [0.2, 0.25) is 15.9 Å². The molecule has 0 aliphatic carbocycles. The van der Waals surface area contributed by atoms with Gasteiger partial charge in [-0.3, -0.25) is 9.59 Å². The van der Waals surface area contributed by atoms with E-state index in [1.165, 1.54) is 33.5 Å². The summed E-state index contributed by atoms with van der Waals surface area (Å²) in [5.41, 5.74) is -0.580. The van der Waals surface area contributed by atoms with E-state index in [-0.39, 0.29) is 16.7 Å². The van der Waals surface area contributed by atoms with Gasteiger partial charge in [0.15, 0.2) is 0 Å². The number of hydrogen-bond donors (Lipinski definition) is 1. The number of rotatable bonds is 6. The van der Waals surface area contributed by atoms with Crippen LogP contribution in [-0.2, 0) is 14.8 Å². The summed E-state index contributed by atoms with van der Waals surface area (Å²) in [6, 6.07) is 5.90. The predicted molar refractivity (Wildman–Crippen MR) is 99.3 cm³/mol. The maximum atomic E-state index is 12.8. The van der Waals surface area contributed by atoms with Crippen LogP contribution in [0.5, 0.6) is 0 Å². The second kappa shape index (κ2) is 7.75. The van der Waals surface area contributed by atoms with Gasteiger partial charge in [-0.1, -0.05) is 13.3 Å². The van der Waals surface area contributed by atoms with Crippen molar-refractivity contribution in [3.63, 3.8) is 0 Å². The second-order valence-corrected chi connectivity index (χ2v) is 9.02. The lowest BCUT2D eigenvalue weighted by Crippen LogP contribution is -2.63. The summed E-state index contributed by atoms with van der Waals surface area (Å²) in [5, 5.41) is 2.75. The molecule has 144 valence electrons. The number of carbonyl (C=O) groups excluding carboxylic acids is 2. The van der Waals surface area contributed by atoms with E-state index in [0.29, 0.717) is 25.2 Å². The summed E-state index contributed by atoms with van der Waals surface area (Å²) in [4.78, 5) is 26.5. The Kier molecular flexibility index (Phi) is 6.08. The highest BCUT2D eigenvalue weighted by Gasteiger charge is 2.40. The van der Waals surface area contributed by atoms with Crippen LogP contribution in [0.25, 0.3) is 0 Å². The maximum Gasteiger partial charge on any atom is 0.254 e. The van der Waals surface area contributed by atoms with Gasteiger partial charge in [-0.15, -0.1) is 0 Å². The zero-order chi connectivity index (χ0) is 19.5. The van der Waals surface area contributed by atoms with Crippen LogP contribution in [0, 0.1) is 0 Å². The maximum absolute atomic E-state index is 12.8. The Balaban J connectivity index is 2.21. The SMILES string of the molecule is CCCCN(C)S(=O)(=O)c1ccc(C(=O)N2CCNC(=O)C2(C)C)cc1. The third-order valence-corrected chi connectivity index (χ3v) is 6.60. The van der Waals surface area contributed by atoms with Crippen molar-refractivity contribution in [3.8, 4) is 0 Å². The van der Waals surface area contributed by atoms with E-state index in [2.05, 4.69) is 5.32 Å². The van der Waals surface area contributed by atoms with E-state index in [1.54, 1.807) is 20.9 Å². The normalized spacial score (nSPS) is 17.3. The van der Waals surface area contributed by atoms with Gasteiger partial charge in [0.25, 0.3) is 5.91 Å². The lowest BCUT2D eigenvalue weighted by atomic mass is 9.97. The van der Waals surface area contributed by atoms with Crippen LogP contribution in [0.3, 0.4) is 0 Å². The number of amides is 2. The number of nitrogens with zero attached hydrogens (tertiary/aromatic N) is 2. The quantitative estimate of drug-likeness (QED) is 0.808. The van der Waals surface area contributed by atoms with E-state index in [4.69, 9.17) is 0 Å². The molecular weight excluding hydrogens is 354 g/mol. The molecule has 26 heavy (non-hydrogen) atoms. The molecule has 7 nitrogen and oxygen atoms in total. The molecule has 1 N–H and O–H groups in total. The van der Waals surface area contributed by atoms with Gasteiger partial charge in [-0.2, -0.15) is 0 Å². The second-order valence-electron chi connectivity index (χ2n) is 6.98. The fraction of sp³-hybridized carbons (Fsp3) is 0.556. The molecule has 1 saturated heterocycles. The van der Waals surface area contributed by atoms with Crippen molar-refractivity contribution in [1.29, 1.82) is 0 Å². The Morgan fingerprint density at radius 2 is 1.88 bits per heavy atom. The number of sulfonamides is 1. The van der Waals surface area contributed by atoms with Gasteiger partial charge in [0, 0.05) is 32.2 Å². The molecule has 0 aromatic heterocycles. The van der Waals surface area contributed by atoms with Crippen molar-refractivity contribution in [2.75, 3.05) is 26.7 Å². The summed E-state index contributed by atoms with van der Waals surface area (Å²) in [6.45, 7) is 6.67. The molecule has 0 bridgehead atoms. The van der Waals surface area contributed by atoms with Crippen molar-refractivity contribution in [2.24, 2.45) is 0 Å². The first-order chi connectivity index (χ1) is 12.1. The highest BCUT2D eigenvalue weighted by molar-refractivity contribution is 7.89. The van der Waals surface area contributed by atoms with Crippen molar-refractivity contribution < 1.29 is 18.0 Å². The molecule has 1 heterocycles. The van der Waals surface area contributed by atoms with Gasteiger partial charge in [-0.25, -0.2) is 12.7 Å². The molecule has 1 fully saturated rings. The third-order valence-electron chi connectivity index (χ3n) is 4.73. The summed E-state index contributed by atoms with van der Waals surface area (Å²) in [7, 11) is -2.01. The standard InChI is InChI=1S/C18H27N3O4S/c1-5-6-12-20(4)26(24,25)15-9-7-14(8-10-15)16(22)21-13-11-19-17(23)18(21,2)3/h7-10H,5-6,11-13H2,1-4H3,(H,19,23). The van der Waals surface area contributed by atoms with Crippen molar-refractivity contribution in [1.82, 2.24) is 14.5 Å². The van der Waals surface area contributed by atoms with Crippen LogP contribution >= 0.6 is 0 Å². The van der Waals surface area contributed by atoms with Crippen LogP contribution < -0.4 is 5.32 Å². The summed E-state index contributed by atoms with van der Waals surface area (Å²) < 4.78 is 26.4. The average molecular weight is 381 g/mol. The van der Waals surface area contributed by atoms with Gasteiger partial charge in [-0.05, 0) is 44.5 Å². The predicted octanol–water partition coefficient (Wildman–Crippen LogP) is 1.46. The van der Waals surface area contributed by atoms with E-state index in [0.717, 1.165) is 12.8 Å². The number of unbranched alkanes of at least 4 members (excludes halogenated alkanes) is 1. The van der Waals surface area contributed by atoms with Crippen LogP contribution in [0.2, 0.25) is 0 Å². The van der Waals surface area contributed by atoms with Gasteiger partial charge < -0.3 is 10.2 Å². The van der Waals surface area contributed by atoms with E-state index >= 15 is 0 Å². The van der Waals surface area contributed by atoms with Crippen molar-refractivity contribution in [3.05, 3.63) is 29.8 Å². The minimum Gasteiger partial charge on any atom is -0.352 e. The fourth-order valence-electron chi connectivity index (χ4n) is 2.86. The molecule has 1 aliphatic rings. The van der Waals surface area contributed by atoms with Crippen LogP contribution in [-0.4, -0.2) is 61.7 Å². The Morgan fingerprint density at radius 3 is 2.46 bits per heavy atom. The van der Waals surface area contributed by atoms with Gasteiger partial charge in [0.05, 0.1) is 4.90 Å². The molecule has 0 atom stereocenters. The van der Waals surface area contributed by atoms with Crippen LogP contribution in [0.15, 0.2) is 29.2 Å². The molecule has 8 heteroatoms. The Hall–Kier alpha value is -1.93. The molecule has 1 aromatic carbocycles. The highest BCUT2D eigenvalue weighted by atomic mass is 32.2. The first kappa shape index (κ1) is 20.4. The molecule has 1 aliphatic heterocycles. The average Bonchev–Trinajstić information content (AvgIpc) is 2.61. The van der Waals surface area contributed by atoms with Crippen molar-refractivity contribution >= 4 is 21.8 Å². The van der Waals surface area contributed by atoms with Gasteiger partial charge in [0.1, 0.15) is 5.54 Å².